The third-order valence-corrected chi connectivity index (χ3v) is 2.87. The number of nitrogen functional groups attached to an aromatic ring is 1. The summed E-state index contributed by atoms with van der Waals surface area (Å²) in [5.41, 5.74) is 6.69. The normalized spacial score (nSPS) is 10.4. The first-order chi connectivity index (χ1) is 8.49. The van der Waals surface area contributed by atoms with Crippen molar-refractivity contribution in [2.24, 2.45) is 0 Å². The second-order valence-electron chi connectivity index (χ2n) is 3.91. The molecule has 0 saturated heterocycles. The van der Waals surface area contributed by atoms with E-state index in [2.05, 4.69) is 5.32 Å². The van der Waals surface area contributed by atoms with Crippen LogP contribution in [0.3, 0.4) is 0 Å². The van der Waals surface area contributed by atoms with Gasteiger partial charge in [0.2, 0.25) is 0 Å². The van der Waals surface area contributed by atoms with Gasteiger partial charge in [0.15, 0.2) is 0 Å². The minimum atomic E-state index is -0.562. The molecule has 2 aromatic rings. The Morgan fingerprint density at radius 3 is 2.56 bits per heavy atom. The molecule has 0 heterocycles. The quantitative estimate of drug-likeness (QED) is 0.799. The molecule has 0 aliphatic rings. The van der Waals surface area contributed by atoms with Crippen LogP contribution in [0, 0.1) is 18.6 Å². The van der Waals surface area contributed by atoms with Crippen molar-refractivity contribution in [2.75, 3.05) is 11.1 Å². The standard InChI is InChI=1S/C13H11ClF2N2/c1-7-5-10(16)12(6-9(7)15)18-13-8(14)3-2-4-11(13)17/h2-6,18H,17H2,1H3. The van der Waals surface area contributed by atoms with Crippen LogP contribution in [0.1, 0.15) is 5.56 Å². The Bertz CT molecular complexity index is 580. The molecule has 5 heteroatoms. The Hall–Kier alpha value is -1.81. The van der Waals surface area contributed by atoms with Crippen LogP contribution in [-0.4, -0.2) is 0 Å². The number of anilines is 3. The number of nitrogens with one attached hydrogen (secondary N) is 1. The van der Waals surface area contributed by atoms with Crippen molar-refractivity contribution < 1.29 is 8.78 Å². The molecule has 94 valence electrons. The topological polar surface area (TPSA) is 38.0 Å². The first-order valence-electron chi connectivity index (χ1n) is 5.25. The molecule has 0 unspecified atom stereocenters. The largest absolute Gasteiger partial charge is 0.397 e. The molecular formula is C13H11ClF2N2. The van der Waals surface area contributed by atoms with Crippen molar-refractivity contribution in [1.29, 1.82) is 0 Å². The number of rotatable bonds is 2. The monoisotopic (exact) mass is 268 g/mol. The van der Waals surface area contributed by atoms with Gasteiger partial charge in [-0.2, -0.15) is 0 Å². The zero-order chi connectivity index (χ0) is 13.3. The molecule has 0 aliphatic heterocycles. The van der Waals surface area contributed by atoms with Crippen molar-refractivity contribution in [1.82, 2.24) is 0 Å². The van der Waals surface area contributed by atoms with Crippen LogP contribution in [0.4, 0.5) is 25.8 Å². The molecule has 0 aromatic heterocycles. The van der Waals surface area contributed by atoms with Crippen LogP contribution in [0.2, 0.25) is 5.02 Å². The number of nitrogens with two attached hydrogens (primary N) is 1. The lowest BCUT2D eigenvalue weighted by molar-refractivity contribution is 0.595. The molecule has 2 aromatic carbocycles. The van der Waals surface area contributed by atoms with E-state index >= 15 is 0 Å². The van der Waals surface area contributed by atoms with E-state index < -0.39 is 11.6 Å². The van der Waals surface area contributed by atoms with Gasteiger partial charge in [-0.15, -0.1) is 0 Å². The summed E-state index contributed by atoms with van der Waals surface area (Å²) >= 11 is 5.94. The average molecular weight is 269 g/mol. The number of hydrogen-bond donors (Lipinski definition) is 2. The number of benzene rings is 2. The number of aryl methyl sites for hydroxylation is 1. The predicted octanol–water partition coefficient (Wildman–Crippen LogP) is 4.25. The van der Waals surface area contributed by atoms with Gasteiger partial charge < -0.3 is 11.1 Å². The Kier molecular flexibility index (Phi) is 3.39. The van der Waals surface area contributed by atoms with Crippen molar-refractivity contribution in [2.45, 2.75) is 6.92 Å². The van der Waals surface area contributed by atoms with Gasteiger partial charge in [-0.1, -0.05) is 17.7 Å². The maximum absolute atomic E-state index is 13.7. The molecule has 0 radical (unpaired) electrons. The molecule has 2 rings (SSSR count). The second-order valence-corrected chi connectivity index (χ2v) is 4.32. The molecule has 0 saturated carbocycles. The van der Waals surface area contributed by atoms with Crippen LogP contribution in [0.5, 0.6) is 0 Å². The lowest BCUT2D eigenvalue weighted by atomic mass is 10.2. The van der Waals surface area contributed by atoms with Gasteiger partial charge in [0, 0.05) is 6.07 Å². The highest BCUT2D eigenvalue weighted by atomic mass is 35.5. The maximum atomic E-state index is 13.7. The number of para-hydroxylation sites is 1. The van der Waals surface area contributed by atoms with E-state index in [0.717, 1.165) is 12.1 Å². The van der Waals surface area contributed by atoms with E-state index in [-0.39, 0.29) is 11.3 Å². The fraction of sp³-hybridized carbons (Fsp3) is 0.0769. The van der Waals surface area contributed by atoms with E-state index in [9.17, 15) is 8.78 Å². The third kappa shape index (κ3) is 2.38. The van der Waals surface area contributed by atoms with Crippen LogP contribution in [0.15, 0.2) is 30.3 Å². The summed E-state index contributed by atoms with van der Waals surface area (Å²) in [7, 11) is 0. The van der Waals surface area contributed by atoms with E-state index in [1.54, 1.807) is 18.2 Å². The second kappa shape index (κ2) is 4.82. The first kappa shape index (κ1) is 12.6. The molecule has 0 atom stereocenters. The van der Waals surface area contributed by atoms with E-state index in [1.807, 2.05) is 0 Å². The number of hydrogen-bond acceptors (Lipinski definition) is 2. The van der Waals surface area contributed by atoms with Crippen LogP contribution in [-0.2, 0) is 0 Å². The molecule has 0 spiro atoms. The Morgan fingerprint density at radius 2 is 1.89 bits per heavy atom. The van der Waals surface area contributed by atoms with Crippen LogP contribution in [0.25, 0.3) is 0 Å². The van der Waals surface area contributed by atoms with E-state index in [1.165, 1.54) is 6.92 Å². The number of halogens is 3. The maximum Gasteiger partial charge on any atom is 0.147 e. The highest BCUT2D eigenvalue weighted by Crippen LogP contribution is 2.32. The summed E-state index contributed by atoms with van der Waals surface area (Å²) in [5.74, 6) is -1.06. The average Bonchev–Trinajstić information content (AvgIpc) is 2.30. The molecular weight excluding hydrogens is 258 g/mol. The first-order valence-corrected chi connectivity index (χ1v) is 5.63. The molecule has 0 aliphatic carbocycles. The van der Waals surface area contributed by atoms with Gasteiger partial charge in [-0.05, 0) is 30.7 Å². The Labute approximate surface area is 108 Å². The fourth-order valence-electron chi connectivity index (χ4n) is 1.55. The van der Waals surface area contributed by atoms with Crippen LogP contribution < -0.4 is 11.1 Å². The fourth-order valence-corrected chi connectivity index (χ4v) is 1.78. The van der Waals surface area contributed by atoms with Crippen molar-refractivity contribution in [3.05, 3.63) is 52.6 Å². The summed E-state index contributed by atoms with van der Waals surface area (Å²) in [6.45, 7) is 1.49. The van der Waals surface area contributed by atoms with Crippen LogP contribution >= 0.6 is 11.6 Å². The molecule has 2 nitrogen and oxygen atoms in total. The molecule has 3 N–H and O–H groups in total. The summed E-state index contributed by atoms with van der Waals surface area (Å²) in [4.78, 5) is 0. The van der Waals surface area contributed by atoms with Gasteiger partial charge >= 0.3 is 0 Å². The summed E-state index contributed by atoms with van der Waals surface area (Å²) in [6.07, 6.45) is 0. The summed E-state index contributed by atoms with van der Waals surface area (Å²) in [5, 5.41) is 3.05. The van der Waals surface area contributed by atoms with Gasteiger partial charge in [0.1, 0.15) is 11.6 Å². The zero-order valence-electron chi connectivity index (χ0n) is 9.60. The van der Waals surface area contributed by atoms with Crippen molar-refractivity contribution in [3.8, 4) is 0 Å². The smallest absolute Gasteiger partial charge is 0.147 e. The summed E-state index contributed by atoms with van der Waals surface area (Å²) in [6, 6.07) is 7.10. The van der Waals surface area contributed by atoms with Crippen molar-refractivity contribution in [3.63, 3.8) is 0 Å². The lowest BCUT2D eigenvalue weighted by Crippen LogP contribution is -2.00. The molecule has 0 bridgehead atoms. The van der Waals surface area contributed by atoms with Gasteiger partial charge in [-0.3, -0.25) is 0 Å². The van der Waals surface area contributed by atoms with Gasteiger partial charge in [-0.25, -0.2) is 8.78 Å². The highest BCUT2D eigenvalue weighted by Gasteiger charge is 2.10. The van der Waals surface area contributed by atoms with Crippen molar-refractivity contribution >= 4 is 28.7 Å². The van der Waals surface area contributed by atoms with Gasteiger partial charge in [0.25, 0.3) is 0 Å². The Morgan fingerprint density at radius 1 is 1.17 bits per heavy atom. The lowest BCUT2D eigenvalue weighted by Gasteiger charge is -2.12. The minimum Gasteiger partial charge on any atom is -0.397 e. The zero-order valence-corrected chi connectivity index (χ0v) is 10.4. The molecule has 0 amide bonds. The SMILES string of the molecule is Cc1cc(F)c(Nc2c(N)cccc2Cl)cc1F. The predicted molar refractivity (Wildman–Crippen MR) is 70.2 cm³/mol. The van der Waals surface area contributed by atoms with E-state index in [0.29, 0.717) is 16.4 Å². The molecule has 0 fully saturated rings. The highest BCUT2D eigenvalue weighted by molar-refractivity contribution is 6.34. The third-order valence-electron chi connectivity index (χ3n) is 2.55. The van der Waals surface area contributed by atoms with E-state index in [4.69, 9.17) is 17.3 Å². The molecule has 18 heavy (non-hydrogen) atoms. The van der Waals surface area contributed by atoms with Gasteiger partial charge in [0.05, 0.1) is 22.1 Å². The summed E-state index contributed by atoms with van der Waals surface area (Å²) < 4.78 is 27.1. The minimum absolute atomic E-state index is 0.00194. The Balaban J connectivity index is 2.43.